The number of likely N-dealkylation sites (tertiary alicyclic amines) is 1. The van der Waals surface area contributed by atoms with Crippen LogP contribution in [0.3, 0.4) is 0 Å². The lowest BCUT2D eigenvalue weighted by Gasteiger charge is -2.27. The molecule has 5 nitrogen and oxygen atoms in total. The van der Waals surface area contributed by atoms with Gasteiger partial charge >= 0.3 is 6.09 Å². The third kappa shape index (κ3) is 3.42. The van der Waals surface area contributed by atoms with E-state index in [1.54, 1.807) is 4.90 Å². The van der Waals surface area contributed by atoms with Crippen molar-refractivity contribution >= 4 is 33.5 Å². The fraction of sp³-hybridized carbons (Fsp3) is 0.529. The number of carbonyl (C=O) groups is 1. The highest BCUT2D eigenvalue weighted by molar-refractivity contribution is 7.13. The van der Waals surface area contributed by atoms with Gasteiger partial charge in [0.25, 0.3) is 0 Å². The lowest BCUT2D eigenvalue weighted by molar-refractivity contribution is 0.0292. The number of carbonyl (C=O) groups excluding carboxylic acids is 1. The first-order valence-corrected chi connectivity index (χ1v) is 8.68. The van der Waals surface area contributed by atoms with Gasteiger partial charge in [-0.2, -0.15) is 4.37 Å². The monoisotopic (exact) mass is 333 g/mol. The van der Waals surface area contributed by atoms with Crippen LogP contribution in [0.4, 0.5) is 10.6 Å². The Balaban J connectivity index is 1.70. The molecular formula is C17H23N3O2S. The van der Waals surface area contributed by atoms with Crippen LogP contribution in [0.2, 0.25) is 0 Å². The summed E-state index contributed by atoms with van der Waals surface area (Å²) in [6.45, 7) is 7.09. The average Bonchev–Trinajstić information content (AvgIpc) is 3.12. The Morgan fingerprint density at radius 2 is 2.13 bits per heavy atom. The molecule has 1 amide bonds. The van der Waals surface area contributed by atoms with Crippen molar-refractivity contribution in [3.8, 4) is 0 Å². The summed E-state index contributed by atoms with van der Waals surface area (Å²) < 4.78 is 11.3. The molecule has 0 aliphatic carbocycles. The molecule has 6 heteroatoms. The van der Waals surface area contributed by atoms with Crippen molar-refractivity contribution in [1.82, 2.24) is 9.27 Å². The molecule has 0 bridgehead atoms. The van der Waals surface area contributed by atoms with Crippen LogP contribution in [-0.4, -0.2) is 47.1 Å². The summed E-state index contributed by atoms with van der Waals surface area (Å²) in [6.07, 6.45) is 0.707. The first kappa shape index (κ1) is 16.1. The summed E-state index contributed by atoms with van der Waals surface area (Å²) in [7, 11) is 2.06. The Labute approximate surface area is 141 Å². The molecule has 0 radical (unpaired) electrons. The van der Waals surface area contributed by atoms with E-state index in [1.807, 2.05) is 32.9 Å². The van der Waals surface area contributed by atoms with Crippen LogP contribution < -0.4 is 4.90 Å². The molecule has 124 valence electrons. The predicted octanol–water partition coefficient (Wildman–Crippen LogP) is 3.74. The number of anilines is 1. The second kappa shape index (κ2) is 6.00. The number of fused-ring (bicyclic) bond motifs is 1. The van der Waals surface area contributed by atoms with Gasteiger partial charge in [-0.3, -0.25) is 0 Å². The summed E-state index contributed by atoms with van der Waals surface area (Å²) in [5.74, 6) is 1.00. The van der Waals surface area contributed by atoms with Gasteiger partial charge in [0.05, 0.1) is 4.70 Å². The van der Waals surface area contributed by atoms with Crippen molar-refractivity contribution in [2.75, 3.05) is 25.0 Å². The zero-order chi connectivity index (χ0) is 16.6. The van der Waals surface area contributed by atoms with E-state index < -0.39 is 5.60 Å². The maximum absolute atomic E-state index is 12.2. The molecule has 1 saturated heterocycles. The van der Waals surface area contributed by atoms with Crippen molar-refractivity contribution < 1.29 is 9.53 Å². The first-order chi connectivity index (χ1) is 10.8. The maximum Gasteiger partial charge on any atom is 0.410 e. The Morgan fingerprint density at radius 3 is 2.87 bits per heavy atom. The summed E-state index contributed by atoms with van der Waals surface area (Å²) >= 11 is 1.52. The molecule has 3 rings (SSSR count). The van der Waals surface area contributed by atoms with Gasteiger partial charge in [0, 0.05) is 31.6 Å². The van der Waals surface area contributed by atoms with Crippen molar-refractivity contribution in [3.05, 3.63) is 24.3 Å². The van der Waals surface area contributed by atoms with Gasteiger partial charge in [0.15, 0.2) is 0 Å². The highest BCUT2D eigenvalue weighted by Crippen LogP contribution is 2.31. The standard InChI is InChI=1S/C17H23N3O2S/c1-17(2,3)22-16(21)20-10-9-12(11-20)19(4)15-13-7-5-6-8-14(13)23-18-15/h5-8,12H,9-11H2,1-4H3/t12-/m0/s1. The fourth-order valence-electron chi connectivity index (χ4n) is 2.85. The number of aromatic nitrogens is 1. The second-order valence-corrected chi connectivity index (χ2v) is 7.79. The van der Waals surface area contributed by atoms with Crippen LogP contribution in [0.1, 0.15) is 27.2 Å². The van der Waals surface area contributed by atoms with E-state index in [-0.39, 0.29) is 12.1 Å². The van der Waals surface area contributed by atoms with Crippen molar-refractivity contribution in [1.29, 1.82) is 0 Å². The smallest absolute Gasteiger partial charge is 0.410 e. The van der Waals surface area contributed by atoms with Gasteiger partial charge in [-0.25, -0.2) is 4.79 Å². The van der Waals surface area contributed by atoms with E-state index in [2.05, 4.69) is 28.5 Å². The number of hydrogen-bond donors (Lipinski definition) is 0. The number of amides is 1. The van der Waals surface area contributed by atoms with Crippen molar-refractivity contribution in [2.45, 2.75) is 38.8 Å². The number of nitrogens with zero attached hydrogens (tertiary/aromatic N) is 3. The van der Waals surface area contributed by atoms with E-state index in [4.69, 9.17) is 4.74 Å². The Hall–Kier alpha value is -1.82. The molecular weight excluding hydrogens is 310 g/mol. The van der Waals surface area contributed by atoms with Crippen LogP contribution in [-0.2, 0) is 4.74 Å². The number of ether oxygens (including phenoxy) is 1. The van der Waals surface area contributed by atoms with Crippen LogP contribution >= 0.6 is 11.5 Å². The minimum Gasteiger partial charge on any atom is -0.444 e. The van der Waals surface area contributed by atoms with Crippen molar-refractivity contribution in [3.63, 3.8) is 0 Å². The summed E-state index contributed by atoms with van der Waals surface area (Å²) in [5, 5.41) is 1.18. The fourth-order valence-corrected chi connectivity index (χ4v) is 3.66. The number of rotatable bonds is 2. The van der Waals surface area contributed by atoms with Gasteiger partial charge in [-0.1, -0.05) is 12.1 Å². The zero-order valence-electron chi connectivity index (χ0n) is 14.1. The normalized spacial score (nSPS) is 18.4. The first-order valence-electron chi connectivity index (χ1n) is 7.90. The third-order valence-corrected chi connectivity index (χ3v) is 4.87. The number of likely N-dealkylation sites (N-methyl/N-ethyl adjacent to an activating group) is 1. The summed E-state index contributed by atoms with van der Waals surface area (Å²) in [5.41, 5.74) is -0.452. The molecule has 2 heterocycles. The molecule has 1 aromatic carbocycles. The molecule has 1 aromatic heterocycles. The van der Waals surface area contributed by atoms with Gasteiger partial charge in [0.2, 0.25) is 0 Å². The molecule has 1 fully saturated rings. The zero-order valence-corrected chi connectivity index (χ0v) is 14.9. The lowest BCUT2D eigenvalue weighted by atomic mass is 10.2. The molecule has 1 atom stereocenters. The van der Waals surface area contributed by atoms with Crippen LogP contribution in [0, 0.1) is 0 Å². The highest BCUT2D eigenvalue weighted by atomic mass is 32.1. The minimum absolute atomic E-state index is 0.225. The molecule has 2 aromatic rings. The van der Waals surface area contributed by atoms with Gasteiger partial charge in [-0.05, 0) is 50.9 Å². The SMILES string of the molecule is CN(c1nsc2ccccc12)[C@H]1CCN(C(=O)OC(C)(C)C)C1. The quantitative estimate of drug-likeness (QED) is 0.840. The second-order valence-electron chi connectivity index (χ2n) is 6.98. The van der Waals surface area contributed by atoms with E-state index in [9.17, 15) is 4.79 Å². The van der Waals surface area contributed by atoms with Gasteiger partial charge in [0.1, 0.15) is 11.4 Å². The van der Waals surface area contributed by atoms with E-state index in [0.717, 1.165) is 18.8 Å². The maximum atomic E-state index is 12.2. The van der Waals surface area contributed by atoms with Crippen molar-refractivity contribution in [2.24, 2.45) is 0 Å². The lowest BCUT2D eigenvalue weighted by Crippen LogP contribution is -2.39. The van der Waals surface area contributed by atoms with Crippen LogP contribution in [0.5, 0.6) is 0 Å². The van der Waals surface area contributed by atoms with E-state index in [1.165, 1.54) is 21.6 Å². The molecule has 0 spiro atoms. The Bertz CT molecular complexity index is 707. The van der Waals surface area contributed by atoms with E-state index in [0.29, 0.717) is 6.54 Å². The molecule has 0 saturated carbocycles. The van der Waals surface area contributed by atoms with Gasteiger partial charge < -0.3 is 14.5 Å². The summed E-state index contributed by atoms with van der Waals surface area (Å²) in [4.78, 5) is 16.2. The number of hydrogen-bond acceptors (Lipinski definition) is 5. The largest absolute Gasteiger partial charge is 0.444 e. The molecule has 1 aliphatic heterocycles. The molecule has 0 N–H and O–H groups in total. The van der Waals surface area contributed by atoms with E-state index >= 15 is 0 Å². The Morgan fingerprint density at radius 1 is 1.39 bits per heavy atom. The van der Waals surface area contributed by atoms with Crippen LogP contribution in [0.25, 0.3) is 10.1 Å². The Kier molecular flexibility index (Phi) is 4.19. The molecule has 23 heavy (non-hydrogen) atoms. The summed E-state index contributed by atoms with van der Waals surface area (Å²) in [6, 6.07) is 8.53. The van der Waals surface area contributed by atoms with Crippen LogP contribution in [0.15, 0.2) is 24.3 Å². The molecule has 0 unspecified atom stereocenters. The minimum atomic E-state index is -0.452. The highest BCUT2D eigenvalue weighted by Gasteiger charge is 2.32. The topological polar surface area (TPSA) is 45.7 Å². The van der Waals surface area contributed by atoms with Gasteiger partial charge in [-0.15, -0.1) is 0 Å². The third-order valence-electron chi connectivity index (χ3n) is 4.06. The average molecular weight is 333 g/mol. The number of benzene rings is 1. The predicted molar refractivity (Wildman–Crippen MR) is 94.2 cm³/mol. The molecule has 1 aliphatic rings.